The number of aromatic amines is 1. The average Bonchev–Trinajstić information content (AvgIpc) is 2.35. The van der Waals surface area contributed by atoms with Gasteiger partial charge < -0.3 is 15.6 Å². The highest BCUT2D eigenvalue weighted by Gasteiger charge is 2.17. The molecule has 19 heavy (non-hydrogen) atoms. The summed E-state index contributed by atoms with van der Waals surface area (Å²) in [5, 5.41) is 5.17. The van der Waals surface area contributed by atoms with Gasteiger partial charge in [-0.3, -0.25) is 14.4 Å². The largest absolute Gasteiger partial charge is 0.364 e. The number of aryl methyl sites for hydroxylation is 1. The van der Waals surface area contributed by atoms with E-state index in [0.717, 1.165) is 6.42 Å². The maximum absolute atomic E-state index is 11.9. The molecule has 0 aliphatic carbocycles. The highest BCUT2D eigenvalue weighted by molar-refractivity contribution is 5.97. The first-order valence-corrected chi connectivity index (χ1v) is 6.23. The fourth-order valence-corrected chi connectivity index (χ4v) is 1.49. The summed E-state index contributed by atoms with van der Waals surface area (Å²) in [6.07, 6.45) is 2.17. The van der Waals surface area contributed by atoms with Crippen molar-refractivity contribution < 1.29 is 9.59 Å². The van der Waals surface area contributed by atoms with Gasteiger partial charge in [-0.25, -0.2) is 0 Å². The quantitative estimate of drug-likeness (QED) is 0.716. The third-order valence-corrected chi connectivity index (χ3v) is 2.59. The van der Waals surface area contributed by atoms with Crippen LogP contribution < -0.4 is 16.1 Å². The zero-order chi connectivity index (χ0) is 14.4. The first-order valence-electron chi connectivity index (χ1n) is 6.23. The Labute approximate surface area is 111 Å². The van der Waals surface area contributed by atoms with Gasteiger partial charge in [-0.05, 0) is 20.3 Å². The van der Waals surface area contributed by atoms with E-state index in [2.05, 4.69) is 15.6 Å². The lowest BCUT2D eigenvalue weighted by molar-refractivity contribution is -0.122. The van der Waals surface area contributed by atoms with E-state index in [0.29, 0.717) is 12.2 Å². The predicted octanol–water partition coefficient (Wildman–Crippen LogP) is 0.328. The lowest BCUT2D eigenvalue weighted by atomic mass is 10.2. The van der Waals surface area contributed by atoms with Gasteiger partial charge in [0.15, 0.2) is 5.43 Å². The Bertz CT molecular complexity index is 522. The topological polar surface area (TPSA) is 91.1 Å². The molecule has 1 rings (SSSR count). The van der Waals surface area contributed by atoms with Crippen LogP contribution in [0.4, 0.5) is 0 Å². The molecular formula is C13H19N3O3. The van der Waals surface area contributed by atoms with Crippen LogP contribution in [0.1, 0.15) is 36.3 Å². The molecular weight excluding hydrogens is 246 g/mol. The van der Waals surface area contributed by atoms with E-state index >= 15 is 0 Å². The molecule has 0 saturated carbocycles. The molecule has 104 valence electrons. The van der Waals surface area contributed by atoms with Gasteiger partial charge in [0.25, 0.3) is 5.91 Å². The van der Waals surface area contributed by atoms with Gasteiger partial charge in [-0.1, -0.05) is 6.92 Å². The van der Waals surface area contributed by atoms with Crippen LogP contribution in [0.15, 0.2) is 17.1 Å². The number of amides is 2. The Morgan fingerprint density at radius 1 is 1.42 bits per heavy atom. The summed E-state index contributed by atoms with van der Waals surface area (Å²) in [6.45, 7) is 5.80. The van der Waals surface area contributed by atoms with E-state index in [-0.39, 0.29) is 16.9 Å². The van der Waals surface area contributed by atoms with Gasteiger partial charge in [0.1, 0.15) is 11.6 Å². The molecule has 0 saturated heterocycles. The number of carbonyl (C=O) groups excluding carboxylic acids is 2. The van der Waals surface area contributed by atoms with E-state index in [9.17, 15) is 14.4 Å². The lowest BCUT2D eigenvalue weighted by Gasteiger charge is -2.13. The van der Waals surface area contributed by atoms with Crippen molar-refractivity contribution in [2.45, 2.75) is 33.2 Å². The van der Waals surface area contributed by atoms with Gasteiger partial charge in [-0.2, -0.15) is 0 Å². The van der Waals surface area contributed by atoms with Gasteiger partial charge in [0, 0.05) is 24.5 Å². The Kier molecular flexibility index (Phi) is 5.29. The standard InChI is InChI=1S/C13H19N3O3/c1-4-5-14-12(18)9(3)16-13(19)10-7-15-8(2)6-11(10)17/h6-7,9H,4-5H2,1-3H3,(H,14,18)(H,15,17)(H,16,19). The molecule has 1 atom stereocenters. The Hall–Kier alpha value is -2.11. The zero-order valence-corrected chi connectivity index (χ0v) is 11.4. The number of aromatic nitrogens is 1. The second-order valence-corrected chi connectivity index (χ2v) is 4.38. The molecule has 2 amide bonds. The summed E-state index contributed by atoms with van der Waals surface area (Å²) in [7, 11) is 0. The molecule has 1 unspecified atom stereocenters. The molecule has 1 heterocycles. The SMILES string of the molecule is CCCNC(=O)C(C)NC(=O)c1c[nH]c(C)cc1=O. The van der Waals surface area contributed by atoms with Crippen molar-refractivity contribution in [2.75, 3.05) is 6.54 Å². The van der Waals surface area contributed by atoms with Gasteiger partial charge in [-0.15, -0.1) is 0 Å². The number of pyridine rings is 1. The molecule has 1 aromatic heterocycles. The number of nitrogens with one attached hydrogen (secondary N) is 3. The normalized spacial score (nSPS) is 11.7. The van der Waals surface area contributed by atoms with Crippen LogP contribution in [0.5, 0.6) is 0 Å². The van der Waals surface area contributed by atoms with Crippen LogP contribution in [0.25, 0.3) is 0 Å². The third-order valence-electron chi connectivity index (χ3n) is 2.59. The molecule has 6 heteroatoms. The lowest BCUT2D eigenvalue weighted by Crippen LogP contribution is -2.45. The van der Waals surface area contributed by atoms with Crippen LogP contribution in [0.2, 0.25) is 0 Å². The van der Waals surface area contributed by atoms with E-state index < -0.39 is 11.9 Å². The number of rotatable bonds is 5. The van der Waals surface area contributed by atoms with Crippen molar-refractivity contribution in [1.29, 1.82) is 0 Å². The molecule has 1 aromatic rings. The molecule has 0 aromatic carbocycles. The highest BCUT2D eigenvalue weighted by Crippen LogP contribution is 1.94. The predicted molar refractivity (Wildman–Crippen MR) is 72.0 cm³/mol. The molecule has 0 fully saturated rings. The van der Waals surface area contributed by atoms with Gasteiger partial charge >= 0.3 is 0 Å². The second-order valence-electron chi connectivity index (χ2n) is 4.38. The van der Waals surface area contributed by atoms with E-state index in [4.69, 9.17) is 0 Å². The molecule has 0 aliphatic heterocycles. The Morgan fingerprint density at radius 2 is 2.11 bits per heavy atom. The zero-order valence-electron chi connectivity index (χ0n) is 11.4. The number of hydrogen-bond donors (Lipinski definition) is 3. The fourth-order valence-electron chi connectivity index (χ4n) is 1.49. The van der Waals surface area contributed by atoms with Crippen LogP contribution in [0, 0.1) is 6.92 Å². The average molecular weight is 265 g/mol. The van der Waals surface area contributed by atoms with Gasteiger partial charge in [0.05, 0.1) is 0 Å². The van der Waals surface area contributed by atoms with Crippen molar-refractivity contribution in [3.8, 4) is 0 Å². The first-order chi connectivity index (χ1) is 8.95. The number of hydrogen-bond acceptors (Lipinski definition) is 3. The number of carbonyl (C=O) groups is 2. The third kappa shape index (κ3) is 4.24. The summed E-state index contributed by atoms with van der Waals surface area (Å²) in [5.74, 6) is -0.820. The van der Waals surface area contributed by atoms with Crippen LogP contribution >= 0.6 is 0 Å². The number of H-pyrrole nitrogens is 1. The molecule has 3 N–H and O–H groups in total. The molecule has 6 nitrogen and oxygen atoms in total. The van der Waals surface area contributed by atoms with Crippen LogP contribution in [-0.2, 0) is 4.79 Å². The minimum Gasteiger partial charge on any atom is -0.364 e. The molecule has 0 spiro atoms. The van der Waals surface area contributed by atoms with Crippen LogP contribution in [-0.4, -0.2) is 29.4 Å². The summed E-state index contributed by atoms with van der Waals surface area (Å²) < 4.78 is 0. The molecule has 0 aliphatic rings. The van der Waals surface area contributed by atoms with Crippen molar-refractivity contribution >= 4 is 11.8 Å². The summed E-state index contributed by atoms with van der Waals surface area (Å²) >= 11 is 0. The van der Waals surface area contributed by atoms with Crippen molar-refractivity contribution in [3.63, 3.8) is 0 Å². The monoisotopic (exact) mass is 265 g/mol. The van der Waals surface area contributed by atoms with Gasteiger partial charge in [0.2, 0.25) is 5.91 Å². The first kappa shape index (κ1) is 14.9. The summed E-state index contributed by atoms with van der Waals surface area (Å²) in [6, 6.07) is 0.663. The fraction of sp³-hybridized carbons (Fsp3) is 0.462. The highest BCUT2D eigenvalue weighted by atomic mass is 16.2. The van der Waals surface area contributed by atoms with E-state index in [1.165, 1.54) is 12.3 Å². The maximum Gasteiger partial charge on any atom is 0.257 e. The van der Waals surface area contributed by atoms with Crippen molar-refractivity contribution in [2.24, 2.45) is 0 Å². The van der Waals surface area contributed by atoms with Crippen molar-refractivity contribution in [1.82, 2.24) is 15.6 Å². The molecule has 0 bridgehead atoms. The van der Waals surface area contributed by atoms with Crippen molar-refractivity contribution in [3.05, 3.63) is 33.7 Å². The second kappa shape index (κ2) is 6.72. The Morgan fingerprint density at radius 3 is 2.68 bits per heavy atom. The summed E-state index contributed by atoms with van der Waals surface area (Å²) in [5.41, 5.74) is 0.311. The molecule has 0 radical (unpaired) electrons. The maximum atomic E-state index is 11.9. The Balaban J connectivity index is 2.69. The minimum absolute atomic E-state index is 0.000687. The van der Waals surface area contributed by atoms with E-state index in [1.807, 2.05) is 6.92 Å². The summed E-state index contributed by atoms with van der Waals surface area (Å²) in [4.78, 5) is 37.9. The minimum atomic E-state index is -0.681. The van der Waals surface area contributed by atoms with Crippen LogP contribution in [0.3, 0.4) is 0 Å². The van der Waals surface area contributed by atoms with E-state index in [1.54, 1.807) is 13.8 Å². The smallest absolute Gasteiger partial charge is 0.257 e.